The Bertz CT molecular complexity index is 418. The molecule has 0 aromatic heterocycles. The Kier molecular flexibility index (Phi) is 5.65. The van der Waals surface area contributed by atoms with Crippen molar-refractivity contribution in [3.8, 4) is 11.8 Å². The first-order valence-electron chi connectivity index (χ1n) is 5.77. The maximum atomic E-state index is 13.1. The van der Waals surface area contributed by atoms with E-state index in [1.54, 1.807) is 13.0 Å². The summed E-state index contributed by atoms with van der Waals surface area (Å²) in [6.45, 7) is 4.56. The molecule has 92 valence electrons. The lowest BCUT2D eigenvalue weighted by atomic mass is 10.0. The van der Waals surface area contributed by atoms with E-state index in [-0.39, 0.29) is 6.04 Å². The Hall–Kier alpha value is -1.40. The lowest BCUT2D eigenvalue weighted by molar-refractivity contribution is 0.490. The van der Waals surface area contributed by atoms with Gasteiger partial charge in [-0.1, -0.05) is 13.0 Å². The van der Waals surface area contributed by atoms with Crippen LogP contribution in [0.4, 0.5) is 8.78 Å². The third-order valence-electron chi connectivity index (χ3n) is 2.53. The molecule has 0 saturated carbocycles. The van der Waals surface area contributed by atoms with Crippen molar-refractivity contribution < 1.29 is 8.78 Å². The minimum absolute atomic E-state index is 0.0240. The number of hydrogen-bond acceptors (Lipinski definition) is 1. The van der Waals surface area contributed by atoms with E-state index in [0.717, 1.165) is 24.9 Å². The van der Waals surface area contributed by atoms with Crippen LogP contribution in [-0.4, -0.2) is 6.54 Å². The van der Waals surface area contributed by atoms with Gasteiger partial charge < -0.3 is 5.32 Å². The van der Waals surface area contributed by atoms with E-state index in [4.69, 9.17) is 0 Å². The second-order valence-electron chi connectivity index (χ2n) is 3.75. The molecular weight excluding hydrogens is 220 g/mol. The highest BCUT2D eigenvalue weighted by Gasteiger charge is 2.12. The number of benzene rings is 1. The van der Waals surface area contributed by atoms with E-state index in [1.807, 2.05) is 6.92 Å². The summed E-state index contributed by atoms with van der Waals surface area (Å²) in [5.41, 5.74) is 0.767. The van der Waals surface area contributed by atoms with Crippen molar-refractivity contribution in [2.45, 2.75) is 32.7 Å². The molecule has 0 aliphatic heterocycles. The van der Waals surface area contributed by atoms with Gasteiger partial charge in [0.15, 0.2) is 11.6 Å². The second kappa shape index (κ2) is 7.03. The Morgan fingerprint density at radius 2 is 2.06 bits per heavy atom. The van der Waals surface area contributed by atoms with Crippen molar-refractivity contribution in [2.75, 3.05) is 6.54 Å². The zero-order valence-corrected chi connectivity index (χ0v) is 10.2. The molecule has 0 fully saturated rings. The molecule has 0 amide bonds. The second-order valence-corrected chi connectivity index (χ2v) is 3.75. The normalized spacial score (nSPS) is 11.8. The molecule has 1 aromatic rings. The third-order valence-corrected chi connectivity index (χ3v) is 2.53. The van der Waals surface area contributed by atoms with Crippen molar-refractivity contribution in [2.24, 2.45) is 0 Å². The third kappa shape index (κ3) is 4.16. The van der Waals surface area contributed by atoms with Crippen LogP contribution in [0, 0.1) is 23.5 Å². The molecule has 0 heterocycles. The molecule has 1 aromatic carbocycles. The average molecular weight is 237 g/mol. The van der Waals surface area contributed by atoms with Crippen LogP contribution in [-0.2, 0) is 0 Å². The minimum Gasteiger partial charge on any atom is -0.310 e. The zero-order valence-electron chi connectivity index (χ0n) is 10.2. The Morgan fingerprint density at radius 3 is 2.65 bits per heavy atom. The van der Waals surface area contributed by atoms with Gasteiger partial charge in [0.05, 0.1) is 0 Å². The quantitative estimate of drug-likeness (QED) is 0.774. The molecule has 0 aliphatic rings. The number of halogens is 2. The molecular formula is C14H17F2N. The Morgan fingerprint density at radius 1 is 1.29 bits per heavy atom. The Balaban J connectivity index is 2.79. The van der Waals surface area contributed by atoms with Crippen LogP contribution in [0.3, 0.4) is 0 Å². The van der Waals surface area contributed by atoms with E-state index in [1.165, 1.54) is 12.1 Å². The van der Waals surface area contributed by atoms with Gasteiger partial charge in [-0.25, -0.2) is 8.78 Å². The standard InChI is InChI=1S/C14H17F2N/c1-3-5-6-7-14(17-4-2)11-8-9-12(15)13(16)10-11/h8-10,14,17H,4,6-7H2,1-2H3. The summed E-state index contributed by atoms with van der Waals surface area (Å²) in [5.74, 6) is 4.19. The van der Waals surface area contributed by atoms with Crippen molar-refractivity contribution >= 4 is 0 Å². The molecule has 1 atom stereocenters. The van der Waals surface area contributed by atoms with E-state index < -0.39 is 11.6 Å². The molecule has 0 spiro atoms. The van der Waals surface area contributed by atoms with Crippen LogP contribution in [0.25, 0.3) is 0 Å². The molecule has 1 N–H and O–H groups in total. The summed E-state index contributed by atoms with van der Waals surface area (Å²) in [6, 6.07) is 4.06. The van der Waals surface area contributed by atoms with Gasteiger partial charge in [-0.15, -0.1) is 11.8 Å². The fourth-order valence-corrected chi connectivity index (χ4v) is 1.70. The van der Waals surface area contributed by atoms with Gasteiger partial charge in [0, 0.05) is 12.5 Å². The summed E-state index contributed by atoms with van der Waals surface area (Å²) in [4.78, 5) is 0. The molecule has 1 unspecified atom stereocenters. The highest BCUT2D eigenvalue weighted by molar-refractivity contribution is 5.21. The summed E-state index contributed by atoms with van der Waals surface area (Å²) in [6.07, 6.45) is 1.53. The molecule has 17 heavy (non-hydrogen) atoms. The SMILES string of the molecule is CC#CCCC(NCC)c1ccc(F)c(F)c1. The largest absolute Gasteiger partial charge is 0.310 e. The number of hydrogen-bond donors (Lipinski definition) is 1. The summed E-state index contributed by atoms with van der Waals surface area (Å²) in [7, 11) is 0. The molecule has 1 rings (SSSR count). The van der Waals surface area contributed by atoms with Gasteiger partial charge in [0.25, 0.3) is 0 Å². The van der Waals surface area contributed by atoms with Gasteiger partial charge >= 0.3 is 0 Å². The number of rotatable bonds is 5. The van der Waals surface area contributed by atoms with Gasteiger partial charge in [0.2, 0.25) is 0 Å². The Labute approximate surface area is 101 Å². The summed E-state index contributed by atoms with van der Waals surface area (Å²) < 4.78 is 26.0. The lowest BCUT2D eigenvalue weighted by Gasteiger charge is -2.17. The number of nitrogens with one attached hydrogen (secondary N) is 1. The monoisotopic (exact) mass is 237 g/mol. The van der Waals surface area contributed by atoms with Gasteiger partial charge in [-0.2, -0.15) is 0 Å². The molecule has 3 heteroatoms. The van der Waals surface area contributed by atoms with Gasteiger partial charge in [0.1, 0.15) is 0 Å². The highest BCUT2D eigenvalue weighted by atomic mass is 19.2. The zero-order chi connectivity index (χ0) is 12.7. The molecule has 0 saturated heterocycles. The van der Waals surface area contributed by atoms with Crippen molar-refractivity contribution in [3.05, 3.63) is 35.4 Å². The molecule has 0 radical (unpaired) electrons. The summed E-state index contributed by atoms with van der Waals surface area (Å²) in [5, 5.41) is 3.25. The van der Waals surface area contributed by atoms with Crippen molar-refractivity contribution in [3.63, 3.8) is 0 Å². The first kappa shape index (κ1) is 13.7. The van der Waals surface area contributed by atoms with Crippen LogP contribution < -0.4 is 5.32 Å². The minimum atomic E-state index is -0.808. The van der Waals surface area contributed by atoms with Gasteiger partial charge in [-0.3, -0.25) is 0 Å². The van der Waals surface area contributed by atoms with E-state index in [0.29, 0.717) is 0 Å². The first-order valence-corrected chi connectivity index (χ1v) is 5.77. The van der Waals surface area contributed by atoms with Gasteiger partial charge in [-0.05, 0) is 37.6 Å². The average Bonchev–Trinajstić information content (AvgIpc) is 2.32. The van der Waals surface area contributed by atoms with Crippen molar-refractivity contribution in [1.29, 1.82) is 0 Å². The molecule has 1 nitrogen and oxygen atoms in total. The topological polar surface area (TPSA) is 12.0 Å². The van der Waals surface area contributed by atoms with E-state index in [9.17, 15) is 8.78 Å². The van der Waals surface area contributed by atoms with Crippen LogP contribution in [0.2, 0.25) is 0 Å². The van der Waals surface area contributed by atoms with Crippen LogP contribution in [0.5, 0.6) is 0 Å². The van der Waals surface area contributed by atoms with Crippen LogP contribution >= 0.6 is 0 Å². The molecule has 0 aliphatic carbocycles. The van der Waals surface area contributed by atoms with E-state index in [2.05, 4.69) is 17.2 Å². The highest BCUT2D eigenvalue weighted by Crippen LogP contribution is 2.20. The summed E-state index contributed by atoms with van der Waals surface area (Å²) >= 11 is 0. The first-order chi connectivity index (χ1) is 8.19. The lowest BCUT2D eigenvalue weighted by Crippen LogP contribution is -2.21. The van der Waals surface area contributed by atoms with Crippen molar-refractivity contribution in [1.82, 2.24) is 5.32 Å². The fraction of sp³-hybridized carbons (Fsp3) is 0.429. The molecule has 0 bridgehead atoms. The van der Waals surface area contributed by atoms with E-state index >= 15 is 0 Å². The predicted octanol–water partition coefficient (Wildman–Crippen LogP) is 3.42. The smallest absolute Gasteiger partial charge is 0.159 e. The maximum Gasteiger partial charge on any atom is 0.159 e. The predicted molar refractivity (Wildman–Crippen MR) is 65.5 cm³/mol. The fourth-order valence-electron chi connectivity index (χ4n) is 1.70. The van der Waals surface area contributed by atoms with Crippen LogP contribution in [0.1, 0.15) is 38.3 Å². The maximum absolute atomic E-state index is 13.1. The van der Waals surface area contributed by atoms with Crippen LogP contribution in [0.15, 0.2) is 18.2 Å².